The molecule has 5 unspecified atom stereocenters. The normalized spacial score (nSPS) is 16.9. The molecule has 0 aliphatic carbocycles. The number of aromatic nitrogens is 2. The van der Waals surface area contributed by atoms with Crippen molar-refractivity contribution in [3.05, 3.63) is 168 Å². The van der Waals surface area contributed by atoms with Crippen molar-refractivity contribution in [2.24, 2.45) is 0 Å². The summed E-state index contributed by atoms with van der Waals surface area (Å²) in [7, 11) is 0. The molecule has 12 heteroatoms. The van der Waals surface area contributed by atoms with E-state index in [9.17, 15) is 23.9 Å². The lowest BCUT2D eigenvalue weighted by Crippen LogP contribution is -2.67. The first-order valence-corrected chi connectivity index (χ1v) is 19.3. The van der Waals surface area contributed by atoms with E-state index in [0.717, 1.165) is 21.9 Å². The van der Waals surface area contributed by atoms with E-state index >= 15 is 4.79 Å². The first-order chi connectivity index (χ1) is 28.1. The molecule has 0 bridgehead atoms. The number of fused-ring (bicyclic) bond motifs is 1. The zero-order valence-corrected chi connectivity index (χ0v) is 32.0. The van der Waals surface area contributed by atoms with E-state index in [1.165, 1.54) is 37.5 Å². The van der Waals surface area contributed by atoms with Crippen molar-refractivity contribution < 1.29 is 28.7 Å². The summed E-state index contributed by atoms with van der Waals surface area (Å²) in [5.41, 5.74) is 3.83. The molecule has 0 saturated carbocycles. The summed E-state index contributed by atoms with van der Waals surface area (Å²) in [6.45, 7) is 1.42. The molecule has 58 heavy (non-hydrogen) atoms. The number of halogens is 1. The number of piperazine rings is 1. The van der Waals surface area contributed by atoms with Gasteiger partial charge in [0.1, 0.15) is 29.7 Å². The van der Waals surface area contributed by atoms with Crippen LogP contribution in [-0.4, -0.2) is 74.3 Å². The highest BCUT2D eigenvalue weighted by Gasteiger charge is 2.45. The average molecular weight is 781 g/mol. The smallest absolute Gasteiger partial charge is 0.246 e. The summed E-state index contributed by atoms with van der Waals surface area (Å²) in [6, 6.07) is 32.0. The van der Waals surface area contributed by atoms with Crippen molar-refractivity contribution in [3.63, 3.8) is 0 Å². The van der Waals surface area contributed by atoms with Gasteiger partial charge in [-0.25, -0.2) is 9.37 Å². The highest BCUT2D eigenvalue weighted by Crippen LogP contribution is 2.31. The highest BCUT2D eigenvalue weighted by atomic mass is 19.1. The highest BCUT2D eigenvalue weighted by molar-refractivity contribution is 5.95. The van der Waals surface area contributed by atoms with Crippen molar-refractivity contribution in [3.8, 4) is 5.75 Å². The number of hydrogen-bond donors (Lipinski definition) is 5. The first kappa shape index (κ1) is 39.4. The quantitative estimate of drug-likeness (QED) is 0.103. The molecule has 7 rings (SSSR count). The molecule has 5 aromatic carbocycles. The van der Waals surface area contributed by atoms with Crippen molar-refractivity contribution in [2.45, 2.75) is 62.7 Å². The molecule has 6 aromatic rings. The minimum atomic E-state index is -1.22. The van der Waals surface area contributed by atoms with Crippen LogP contribution in [0.3, 0.4) is 0 Å². The zero-order valence-electron chi connectivity index (χ0n) is 32.0. The SMILES string of the molecule is CC(=O)NC(Cc1ccc(O)cc1)C(=O)NC(Cc1ccc(F)cc1)C(=O)N1CC(Cc2ccc3ccccc3c2)NC(=O)C1C(Cc1ccccc1)c1cnc[nH]1. The Morgan fingerprint density at radius 1 is 0.793 bits per heavy atom. The minimum Gasteiger partial charge on any atom is -0.508 e. The number of carbonyl (C=O) groups is 4. The Morgan fingerprint density at radius 3 is 2.12 bits per heavy atom. The third-order valence-electron chi connectivity index (χ3n) is 10.6. The number of H-pyrrole nitrogens is 1. The fraction of sp³-hybridized carbons (Fsp3) is 0.239. The lowest BCUT2D eigenvalue weighted by atomic mass is 9.85. The summed E-state index contributed by atoms with van der Waals surface area (Å²) in [5.74, 6) is -2.89. The van der Waals surface area contributed by atoms with E-state index in [2.05, 4.69) is 32.0 Å². The van der Waals surface area contributed by atoms with Gasteiger partial charge in [0, 0.05) is 44.1 Å². The topological polar surface area (TPSA) is 157 Å². The number of aromatic amines is 1. The Morgan fingerprint density at radius 2 is 1.43 bits per heavy atom. The molecule has 296 valence electrons. The van der Waals surface area contributed by atoms with Gasteiger partial charge in [-0.3, -0.25) is 19.2 Å². The van der Waals surface area contributed by atoms with Crippen LogP contribution in [0.5, 0.6) is 5.75 Å². The molecule has 11 nitrogen and oxygen atoms in total. The Kier molecular flexibility index (Phi) is 12.2. The summed E-state index contributed by atoms with van der Waals surface area (Å²) >= 11 is 0. The third kappa shape index (κ3) is 9.76. The summed E-state index contributed by atoms with van der Waals surface area (Å²) in [4.78, 5) is 65.5. The largest absolute Gasteiger partial charge is 0.508 e. The van der Waals surface area contributed by atoms with Gasteiger partial charge >= 0.3 is 0 Å². The fourth-order valence-electron chi connectivity index (χ4n) is 7.80. The van der Waals surface area contributed by atoms with Crippen LogP contribution in [0, 0.1) is 5.82 Å². The molecule has 4 amide bonds. The number of nitrogens with one attached hydrogen (secondary N) is 4. The molecule has 2 heterocycles. The monoisotopic (exact) mass is 780 g/mol. The van der Waals surface area contributed by atoms with Crippen LogP contribution < -0.4 is 16.0 Å². The predicted molar refractivity (Wildman–Crippen MR) is 218 cm³/mol. The van der Waals surface area contributed by atoms with Crippen molar-refractivity contribution in [1.82, 2.24) is 30.8 Å². The standard InChI is InChI=1S/C46H45FN6O5/c1-29(54)50-40(24-32-14-19-38(55)20-15-32)44(56)52-41(25-31-12-17-36(47)18-13-31)46(58)53-27-37(22-33-11-16-34-9-5-6-10-35(34)21-33)51-45(57)43(53)39(42-26-48-28-49-42)23-30-7-3-2-4-8-30/h2-21,26,28,37,39-41,43,55H,22-25,27H2,1H3,(H,48,49)(H,50,54)(H,51,57)(H,52,56). The summed E-state index contributed by atoms with van der Waals surface area (Å²) in [5, 5.41) is 20.8. The molecule has 1 saturated heterocycles. The number of phenolic OH excluding ortho intramolecular Hbond substituents is 1. The Hall–Kier alpha value is -6.82. The van der Waals surface area contributed by atoms with Crippen LogP contribution >= 0.6 is 0 Å². The van der Waals surface area contributed by atoms with Gasteiger partial charge in [0.2, 0.25) is 23.6 Å². The van der Waals surface area contributed by atoms with Crippen molar-refractivity contribution in [1.29, 1.82) is 0 Å². The van der Waals surface area contributed by atoms with Gasteiger partial charge in [0.05, 0.1) is 12.4 Å². The molecule has 1 fully saturated rings. The van der Waals surface area contributed by atoms with Gasteiger partial charge < -0.3 is 30.9 Å². The Labute approximate surface area is 335 Å². The van der Waals surface area contributed by atoms with Gasteiger partial charge in [-0.15, -0.1) is 0 Å². The molecule has 0 radical (unpaired) electrons. The molecular weight excluding hydrogens is 736 g/mol. The molecule has 0 spiro atoms. The molecule has 1 aliphatic rings. The van der Waals surface area contributed by atoms with Crippen LogP contribution in [0.25, 0.3) is 10.8 Å². The van der Waals surface area contributed by atoms with Gasteiger partial charge in [0.15, 0.2) is 0 Å². The lowest BCUT2D eigenvalue weighted by Gasteiger charge is -2.44. The number of rotatable bonds is 14. The van der Waals surface area contributed by atoms with E-state index in [0.29, 0.717) is 29.7 Å². The maximum atomic E-state index is 15.3. The molecule has 5 N–H and O–H groups in total. The van der Waals surface area contributed by atoms with Crippen molar-refractivity contribution >= 4 is 34.4 Å². The maximum Gasteiger partial charge on any atom is 0.246 e. The minimum absolute atomic E-state index is 0.0234. The summed E-state index contributed by atoms with van der Waals surface area (Å²) < 4.78 is 14.1. The first-order valence-electron chi connectivity index (χ1n) is 19.3. The van der Waals surface area contributed by atoms with E-state index < -0.39 is 53.6 Å². The second-order valence-electron chi connectivity index (χ2n) is 14.8. The average Bonchev–Trinajstić information content (AvgIpc) is 3.76. The predicted octanol–water partition coefficient (Wildman–Crippen LogP) is 5.15. The number of benzene rings is 5. The Balaban J connectivity index is 1.26. The Bertz CT molecular complexity index is 2350. The van der Waals surface area contributed by atoms with Gasteiger partial charge in [-0.2, -0.15) is 0 Å². The number of carbonyl (C=O) groups excluding carboxylic acids is 4. The van der Waals surface area contributed by atoms with E-state index in [1.54, 1.807) is 35.4 Å². The van der Waals surface area contributed by atoms with Crippen LogP contribution in [-0.2, 0) is 44.9 Å². The lowest BCUT2D eigenvalue weighted by molar-refractivity contribution is -0.148. The van der Waals surface area contributed by atoms with Gasteiger partial charge in [0.25, 0.3) is 0 Å². The number of nitrogens with zero attached hydrogens (tertiary/aromatic N) is 2. The molecular formula is C46H45FN6O5. The number of phenols is 1. The van der Waals surface area contributed by atoms with Gasteiger partial charge in [-0.1, -0.05) is 97.1 Å². The second kappa shape index (κ2) is 18.0. The third-order valence-corrected chi connectivity index (χ3v) is 10.6. The van der Waals surface area contributed by atoms with Gasteiger partial charge in [-0.05, 0) is 70.1 Å². The van der Waals surface area contributed by atoms with Crippen LogP contribution in [0.1, 0.15) is 40.8 Å². The molecule has 1 aromatic heterocycles. The fourth-order valence-corrected chi connectivity index (χ4v) is 7.80. The number of hydrogen-bond acceptors (Lipinski definition) is 6. The van der Waals surface area contributed by atoms with Crippen LogP contribution in [0.4, 0.5) is 4.39 Å². The van der Waals surface area contributed by atoms with E-state index in [4.69, 9.17) is 0 Å². The number of amides is 4. The second-order valence-corrected chi connectivity index (χ2v) is 14.8. The number of imidazole rings is 1. The van der Waals surface area contributed by atoms with E-state index in [1.807, 2.05) is 66.7 Å². The maximum absolute atomic E-state index is 15.3. The summed E-state index contributed by atoms with van der Waals surface area (Å²) in [6.07, 6.45) is 4.08. The zero-order chi connectivity index (χ0) is 40.6. The van der Waals surface area contributed by atoms with E-state index in [-0.39, 0.29) is 31.0 Å². The van der Waals surface area contributed by atoms with Crippen molar-refractivity contribution in [2.75, 3.05) is 6.54 Å². The van der Waals surface area contributed by atoms with Crippen LogP contribution in [0.15, 0.2) is 134 Å². The number of aromatic hydroxyl groups is 1. The molecule has 5 atom stereocenters. The molecule has 1 aliphatic heterocycles. The van der Waals surface area contributed by atoms with Crippen LogP contribution in [0.2, 0.25) is 0 Å².